The number of rotatable bonds is 3. The normalized spacial score (nSPS) is 16.2. The van der Waals surface area contributed by atoms with E-state index in [1.54, 1.807) is 0 Å². The Labute approximate surface area is 157 Å². The highest BCUT2D eigenvalue weighted by atomic mass is 79.9. The van der Waals surface area contributed by atoms with Gasteiger partial charge in [-0.05, 0) is 67.7 Å². The summed E-state index contributed by atoms with van der Waals surface area (Å²) >= 11 is 3.47. The highest BCUT2D eigenvalue weighted by Crippen LogP contribution is 2.29. The lowest BCUT2D eigenvalue weighted by molar-refractivity contribution is 0.335. The molecule has 0 bridgehead atoms. The second-order valence-electron chi connectivity index (χ2n) is 6.46. The van der Waals surface area contributed by atoms with Gasteiger partial charge >= 0.3 is 0 Å². The van der Waals surface area contributed by atoms with Crippen LogP contribution in [-0.4, -0.2) is 35.8 Å². The predicted molar refractivity (Wildman–Crippen MR) is 106 cm³/mol. The fraction of sp³-hybridized carbons (Fsp3) is 0.263. The maximum Gasteiger partial charge on any atom is 0.227 e. The Kier molecular flexibility index (Phi) is 4.73. The lowest BCUT2D eigenvalue weighted by Crippen LogP contribution is -2.30. The molecule has 0 saturated carbocycles. The van der Waals surface area contributed by atoms with Crippen molar-refractivity contribution >= 4 is 46.4 Å². The van der Waals surface area contributed by atoms with Gasteiger partial charge in [0.2, 0.25) is 5.95 Å². The molecule has 4 rings (SSSR count). The average molecular weight is 393 g/mol. The second-order valence-corrected chi connectivity index (χ2v) is 7.37. The number of anilines is 2. The molecule has 2 radical (unpaired) electrons. The third kappa shape index (κ3) is 3.85. The van der Waals surface area contributed by atoms with Crippen molar-refractivity contribution in [1.82, 2.24) is 14.8 Å². The van der Waals surface area contributed by atoms with Crippen LogP contribution < -0.4 is 5.32 Å². The fourth-order valence-corrected chi connectivity index (χ4v) is 3.68. The van der Waals surface area contributed by atoms with Crippen molar-refractivity contribution in [2.75, 3.05) is 18.4 Å². The molecular weight excluding hydrogens is 375 g/mol. The van der Waals surface area contributed by atoms with E-state index in [9.17, 15) is 0 Å². The zero-order valence-electron chi connectivity index (χ0n) is 13.8. The van der Waals surface area contributed by atoms with Crippen molar-refractivity contribution in [3.05, 3.63) is 58.7 Å². The van der Waals surface area contributed by atoms with E-state index < -0.39 is 0 Å². The number of fused-ring (bicyclic) bond motifs is 1. The van der Waals surface area contributed by atoms with Gasteiger partial charge in [0.1, 0.15) is 0 Å². The van der Waals surface area contributed by atoms with Gasteiger partial charge in [0.15, 0.2) is 7.98 Å². The minimum atomic E-state index is 0.566. The van der Waals surface area contributed by atoms with Crippen LogP contribution in [0.25, 0.3) is 10.9 Å². The number of hydrogen-bond donors (Lipinski definition) is 1. The summed E-state index contributed by atoms with van der Waals surface area (Å²) in [5.74, 6) is 1.18. The summed E-state index contributed by atoms with van der Waals surface area (Å²) in [6.07, 6.45) is 4.04. The molecule has 0 aliphatic carbocycles. The standard InChI is InChI=1S/C19H18BBrN4/c20-25-8-6-13(7-9-25)14-2-1-3-17(11-14)23-19-22-12-15-10-16(21)4-5-18(15)24-19/h1-5,10-13H,6-9H2,(H,22,23,24). The van der Waals surface area contributed by atoms with Crippen LogP contribution in [0.4, 0.5) is 11.6 Å². The van der Waals surface area contributed by atoms with E-state index in [1.165, 1.54) is 5.56 Å². The topological polar surface area (TPSA) is 41.0 Å². The van der Waals surface area contributed by atoms with Gasteiger partial charge in [-0.15, -0.1) is 0 Å². The molecule has 1 aliphatic heterocycles. The molecule has 0 amide bonds. The third-order valence-electron chi connectivity index (χ3n) is 4.69. The first-order valence-electron chi connectivity index (χ1n) is 8.46. The monoisotopic (exact) mass is 392 g/mol. The summed E-state index contributed by atoms with van der Waals surface area (Å²) in [7, 11) is 5.86. The van der Waals surface area contributed by atoms with Crippen LogP contribution in [0.2, 0.25) is 0 Å². The van der Waals surface area contributed by atoms with Crippen molar-refractivity contribution in [1.29, 1.82) is 0 Å². The number of nitrogens with one attached hydrogen (secondary N) is 1. The molecule has 0 atom stereocenters. The first-order chi connectivity index (χ1) is 12.2. The lowest BCUT2D eigenvalue weighted by atomic mass is 9.88. The van der Waals surface area contributed by atoms with E-state index in [2.05, 4.69) is 55.5 Å². The summed E-state index contributed by atoms with van der Waals surface area (Å²) in [6.45, 7) is 1.90. The minimum absolute atomic E-state index is 0.566. The van der Waals surface area contributed by atoms with Gasteiger partial charge in [-0.1, -0.05) is 28.1 Å². The Bertz CT molecular complexity index is 893. The van der Waals surface area contributed by atoms with Crippen molar-refractivity contribution in [3.8, 4) is 0 Å². The van der Waals surface area contributed by atoms with E-state index in [4.69, 9.17) is 7.98 Å². The van der Waals surface area contributed by atoms with Crippen LogP contribution in [0.15, 0.2) is 53.1 Å². The van der Waals surface area contributed by atoms with E-state index in [1.807, 2.05) is 29.2 Å². The number of piperidine rings is 1. The fourth-order valence-electron chi connectivity index (χ4n) is 3.30. The summed E-state index contributed by atoms with van der Waals surface area (Å²) < 4.78 is 1.03. The number of nitrogens with zero attached hydrogens (tertiary/aromatic N) is 3. The van der Waals surface area contributed by atoms with Crippen molar-refractivity contribution in [2.24, 2.45) is 0 Å². The molecule has 6 heteroatoms. The molecular formula is C19H18BBrN4. The van der Waals surface area contributed by atoms with Gasteiger partial charge in [-0.25, -0.2) is 9.97 Å². The maximum atomic E-state index is 5.86. The molecule has 1 fully saturated rings. The van der Waals surface area contributed by atoms with E-state index in [0.717, 1.165) is 47.0 Å². The zero-order chi connectivity index (χ0) is 17.2. The molecule has 2 heterocycles. The SMILES string of the molecule is [B]N1CCC(c2cccc(Nc3ncc4cc(Br)ccc4n3)c2)CC1. The quantitative estimate of drug-likeness (QED) is 0.670. The first-order valence-corrected chi connectivity index (χ1v) is 9.25. The minimum Gasteiger partial charge on any atom is -0.353 e. The van der Waals surface area contributed by atoms with Gasteiger partial charge in [-0.3, -0.25) is 0 Å². The van der Waals surface area contributed by atoms with Crippen molar-refractivity contribution in [2.45, 2.75) is 18.8 Å². The van der Waals surface area contributed by atoms with Crippen LogP contribution in [0, 0.1) is 0 Å². The lowest BCUT2D eigenvalue weighted by Gasteiger charge is -2.29. The maximum absolute atomic E-state index is 5.86. The van der Waals surface area contributed by atoms with Gasteiger partial charge < -0.3 is 10.1 Å². The number of aromatic nitrogens is 2. The van der Waals surface area contributed by atoms with Crippen molar-refractivity contribution < 1.29 is 0 Å². The molecule has 1 aliphatic rings. The number of hydrogen-bond acceptors (Lipinski definition) is 4. The molecule has 0 spiro atoms. The van der Waals surface area contributed by atoms with E-state index in [0.29, 0.717) is 11.9 Å². The van der Waals surface area contributed by atoms with Gasteiger partial charge in [0.25, 0.3) is 0 Å². The summed E-state index contributed by atoms with van der Waals surface area (Å²) in [5.41, 5.74) is 3.29. The molecule has 0 unspecified atom stereocenters. The third-order valence-corrected chi connectivity index (χ3v) is 5.18. The summed E-state index contributed by atoms with van der Waals surface area (Å²) in [4.78, 5) is 10.9. The molecule has 4 nitrogen and oxygen atoms in total. The van der Waals surface area contributed by atoms with Crippen LogP contribution in [0.3, 0.4) is 0 Å². The molecule has 124 valence electrons. The van der Waals surface area contributed by atoms with Crippen LogP contribution in [-0.2, 0) is 0 Å². The summed E-state index contributed by atoms with van der Waals surface area (Å²) in [6, 6.07) is 14.5. The number of halogens is 1. The Morgan fingerprint density at radius 2 is 1.96 bits per heavy atom. The van der Waals surface area contributed by atoms with E-state index >= 15 is 0 Å². The Balaban J connectivity index is 1.54. The Morgan fingerprint density at radius 3 is 2.80 bits per heavy atom. The van der Waals surface area contributed by atoms with Gasteiger partial charge in [0, 0.05) is 21.7 Å². The molecule has 3 aromatic rings. The molecule has 1 aromatic heterocycles. The largest absolute Gasteiger partial charge is 0.353 e. The highest BCUT2D eigenvalue weighted by molar-refractivity contribution is 9.10. The Morgan fingerprint density at radius 1 is 1.12 bits per heavy atom. The van der Waals surface area contributed by atoms with E-state index in [-0.39, 0.29) is 0 Å². The molecule has 1 saturated heterocycles. The van der Waals surface area contributed by atoms with Gasteiger partial charge in [-0.2, -0.15) is 0 Å². The molecule has 1 N–H and O–H groups in total. The van der Waals surface area contributed by atoms with Crippen LogP contribution in [0.1, 0.15) is 24.3 Å². The molecule has 25 heavy (non-hydrogen) atoms. The zero-order valence-corrected chi connectivity index (χ0v) is 15.4. The summed E-state index contributed by atoms with van der Waals surface area (Å²) in [5, 5.41) is 4.35. The number of benzene rings is 2. The average Bonchev–Trinajstić information content (AvgIpc) is 2.63. The first kappa shape index (κ1) is 16.5. The smallest absolute Gasteiger partial charge is 0.227 e. The highest BCUT2D eigenvalue weighted by Gasteiger charge is 2.18. The predicted octanol–water partition coefficient (Wildman–Crippen LogP) is 4.40. The van der Waals surface area contributed by atoms with Crippen LogP contribution in [0.5, 0.6) is 0 Å². The van der Waals surface area contributed by atoms with Crippen LogP contribution >= 0.6 is 15.9 Å². The Hall–Kier alpha value is -1.92. The molecule has 2 aromatic carbocycles. The second kappa shape index (κ2) is 7.14. The van der Waals surface area contributed by atoms with Crippen molar-refractivity contribution in [3.63, 3.8) is 0 Å². The van der Waals surface area contributed by atoms with Gasteiger partial charge in [0.05, 0.1) is 5.52 Å².